The summed E-state index contributed by atoms with van der Waals surface area (Å²) in [7, 11) is -3.68. The maximum Gasteiger partial charge on any atom is 0.238 e. The lowest BCUT2D eigenvalue weighted by atomic mass is 10.1. The Morgan fingerprint density at radius 2 is 1.68 bits per heavy atom. The van der Waals surface area contributed by atoms with Crippen LogP contribution in [0.25, 0.3) is 0 Å². The number of hydrogen-bond acceptors (Lipinski definition) is 5. The van der Waals surface area contributed by atoms with Gasteiger partial charge in [0.15, 0.2) is 11.5 Å². The monoisotopic (exact) mass is 586 g/mol. The summed E-state index contributed by atoms with van der Waals surface area (Å²) in [6.45, 7) is 3.93. The highest BCUT2D eigenvalue weighted by atomic mass is 79.9. The zero-order chi connectivity index (χ0) is 24.7. The molecule has 0 aliphatic rings. The maximum atomic E-state index is 11.4. The third kappa shape index (κ3) is 7.34. The molecule has 0 unspecified atom stereocenters. The molecule has 3 N–H and O–H groups in total. The number of sulfonamides is 1. The van der Waals surface area contributed by atoms with E-state index in [0.717, 1.165) is 22.0 Å². The van der Waals surface area contributed by atoms with Gasteiger partial charge < -0.3 is 14.8 Å². The van der Waals surface area contributed by atoms with Crippen LogP contribution in [0.3, 0.4) is 0 Å². The van der Waals surface area contributed by atoms with Gasteiger partial charge in [0, 0.05) is 22.2 Å². The van der Waals surface area contributed by atoms with E-state index in [4.69, 9.17) is 37.8 Å². The number of rotatable bonds is 11. The lowest BCUT2D eigenvalue weighted by molar-refractivity contribution is 0.267. The van der Waals surface area contributed by atoms with Crippen LogP contribution < -0.4 is 19.9 Å². The van der Waals surface area contributed by atoms with Crippen LogP contribution in [0.2, 0.25) is 10.0 Å². The molecule has 3 aromatic carbocycles. The largest absolute Gasteiger partial charge is 0.490 e. The van der Waals surface area contributed by atoms with Crippen molar-refractivity contribution in [3.8, 4) is 11.5 Å². The molecule has 3 aromatic rings. The van der Waals surface area contributed by atoms with E-state index in [1.807, 2.05) is 19.1 Å². The summed E-state index contributed by atoms with van der Waals surface area (Å²) in [5, 5.41) is 9.61. The van der Waals surface area contributed by atoms with Crippen molar-refractivity contribution in [1.82, 2.24) is 5.32 Å². The molecule has 0 amide bonds. The number of hydrogen-bond donors (Lipinski definition) is 2. The quantitative estimate of drug-likeness (QED) is 0.280. The summed E-state index contributed by atoms with van der Waals surface area (Å²) in [5.41, 5.74) is 2.74. The molecule has 0 bridgehead atoms. The van der Waals surface area contributed by atoms with E-state index in [1.165, 1.54) is 12.1 Å². The van der Waals surface area contributed by atoms with E-state index in [-0.39, 0.29) is 11.5 Å². The molecule has 0 aliphatic heterocycles. The molecule has 0 atom stereocenters. The van der Waals surface area contributed by atoms with Gasteiger partial charge in [-0.3, -0.25) is 0 Å². The molecular formula is C24H25BrCl2N2O4S. The molecule has 182 valence electrons. The predicted molar refractivity (Wildman–Crippen MR) is 139 cm³/mol. The molecular weight excluding hydrogens is 563 g/mol. The minimum Gasteiger partial charge on any atom is -0.490 e. The standard InChI is InChI=1S/C24H25BrCl2N2O4S/c1-2-32-23-13-17(14-29-11-10-16-6-8-18(9-7-16)34(28,30)31)12-20(25)24(23)33-15-19-21(26)4-3-5-22(19)27/h3-9,12-13,29H,2,10-11,14-15H2,1H3,(H2,28,30,31). The number of benzene rings is 3. The SMILES string of the molecule is CCOc1cc(CNCCc2ccc(S(N)(=O)=O)cc2)cc(Br)c1OCc1c(Cl)cccc1Cl. The molecule has 10 heteroatoms. The van der Waals surface area contributed by atoms with E-state index >= 15 is 0 Å². The Hall–Kier alpha value is -1.81. The maximum absolute atomic E-state index is 11.4. The van der Waals surface area contributed by atoms with E-state index in [2.05, 4.69) is 21.2 Å². The third-order valence-corrected chi connectivity index (χ3v) is 7.19. The third-order valence-electron chi connectivity index (χ3n) is 4.96. The second-order valence-corrected chi connectivity index (χ2v) is 10.7. The van der Waals surface area contributed by atoms with Gasteiger partial charge in [0.05, 0.1) is 16.0 Å². The van der Waals surface area contributed by atoms with Crippen molar-refractivity contribution in [2.45, 2.75) is 31.4 Å². The molecule has 0 aromatic heterocycles. The van der Waals surface area contributed by atoms with Gasteiger partial charge in [0.1, 0.15) is 6.61 Å². The summed E-state index contributed by atoms with van der Waals surface area (Å²) < 4.78 is 35.3. The molecule has 0 saturated heterocycles. The molecule has 0 spiro atoms. The molecule has 0 saturated carbocycles. The van der Waals surface area contributed by atoms with Crippen molar-refractivity contribution in [1.29, 1.82) is 0 Å². The molecule has 0 fully saturated rings. The number of halogens is 3. The van der Waals surface area contributed by atoms with Crippen molar-refractivity contribution in [3.05, 3.63) is 85.8 Å². The van der Waals surface area contributed by atoms with Gasteiger partial charge in [0.25, 0.3) is 0 Å². The van der Waals surface area contributed by atoms with Crippen LogP contribution in [-0.4, -0.2) is 21.6 Å². The number of ether oxygens (including phenoxy) is 2. The van der Waals surface area contributed by atoms with Crippen LogP contribution in [0.5, 0.6) is 11.5 Å². The van der Waals surface area contributed by atoms with Crippen LogP contribution in [0.1, 0.15) is 23.6 Å². The lowest BCUT2D eigenvalue weighted by Gasteiger charge is -2.17. The highest BCUT2D eigenvalue weighted by Crippen LogP contribution is 2.38. The van der Waals surface area contributed by atoms with Crippen molar-refractivity contribution < 1.29 is 17.9 Å². The average Bonchev–Trinajstić information content (AvgIpc) is 2.78. The first-order valence-electron chi connectivity index (χ1n) is 10.5. The van der Waals surface area contributed by atoms with Crippen molar-refractivity contribution in [3.63, 3.8) is 0 Å². The summed E-state index contributed by atoms with van der Waals surface area (Å²) in [6.07, 6.45) is 0.740. The first-order chi connectivity index (χ1) is 16.2. The van der Waals surface area contributed by atoms with Gasteiger partial charge in [-0.1, -0.05) is 41.4 Å². The number of nitrogens with two attached hydrogens (primary N) is 1. The first-order valence-corrected chi connectivity index (χ1v) is 13.6. The molecule has 0 radical (unpaired) electrons. The normalized spacial score (nSPS) is 11.4. The van der Waals surface area contributed by atoms with Crippen LogP contribution in [0.4, 0.5) is 0 Å². The van der Waals surface area contributed by atoms with Gasteiger partial charge in [-0.25, -0.2) is 13.6 Å². The Morgan fingerprint density at radius 3 is 2.29 bits per heavy atom. The van der Waals surface area contributed by atoms with E-state index in [0.29, 0.717) is 46.8 Å². The first kappa shape index (κ1) is 26.8. The highest BCUT2D eigenvalue weighted by molar-refractivity contribution is 9.10. The minimum absolute atomic E-state index is 0.108. The zero-order valence-corrected chi connectivity index (χ0v) is 22.4. The van der Waals surface area contributed by atoms with Gasteiger partial charge in [-0.05, 0) is 83.3 Å². The van der Waals surface area contributed by atoms with E-state index < -0.39 is 10.0 Å². The summed E-state index contributed by atoms with van der Waals surface area (Å²) >= 11 is 16.1. The Bertz CT molecular complexity index is 1220. The highest BCUT2D eigenvalue weighted by Gasteiger charge is 2.15. The van der Waals surface area contributed by atoms with Gasteiger partial charge >= 0.3 is 0 Å². The zero-order valence-electron chi connectivity index (χ0n) is 18.5. The Morgan fingerprint density at radius 1 is 1.00 bits per heavy atom. The number of nitrogens with one attached hydrogen (secondary N) is 1. The second-order valence-electron chi connectivity index (χ2n) is 7.44. The minimum atomic E-state index is -3.68. The molecule has 6 nitrogen and oxygen atoms in total. The summed E-state index contributed by atoms with van der Waals surface area (Å²) in [4.78, 5) is 0.108. The Balaban J connectivity index is 1.62. The van der Waals surface area contributed by atoms with E-state index in [9.17, 15) is 8.42 Å². The summed E-state index contributed by atoms with van der Waals surface area (Å²) in [5.74, 6) is 1.20. The lowest BCUT2D eigenvalue weighted by Crippen LogP contribution is -2.17. The molecule has 0 heterocycles. The van der Waals surface area contributed by atoms with Gasteiger partial charge in [0.2, 0.25) is 10.0 Å². The summed E-state index contributed by atoms with van der Waals surface area (Å²) in [6, 6.07) is 15.8. The fraction of sp³-hybridized carbons (Fsp3) is 0.250. The molecule has 34 heavy (non-hydrogen) atoms. The smallest absolute Gasteiger partial charge is 0.238 e. The van der Waals surface area contributed by atoms with Crippen molar-refractivity contribution >= 4 is 49.2 Å². The topological polar surface area (TPSA) is 90.6 Å². The average molecular weight is 588 g/mol. The van der Waals surface area contributed by atoms with Crippen LogP contribution >= 0.6 is 39.1 Å². The Labute approximate surface area is 218 Å². The van der Waals surface area contributed by atoms with Crippen LogP contribution in [0, 0.1) is 0 Å². The molecule has 0 aliphatic carbocycles. The van der Waals surface area contributed by atoms with Crippen molar-refractivity contribution in [2.24, 2.45) is 5.14 Å². The Kier molecular flexibility index (Phi) is 9.65. The van der Waals surface area contributed by atoms with Gasteiger partial charge in [-0.15, -0.1) is 0 Å². The fourth-order valence-electron chi connectivity index (χ4n) is 3.25. The second kappa shape index (κ2) is 12.2. The van der Waals surface area contributed by atoms with Crippen LogP contribution in [-0.2, 0) is 29.6 Å². The molecule has 3 rings (SSSR count). The van der Waals surface area contributed by atoms with Gasteiger partial charge in [-0.2, -0.15) is 0 Å². The fourth-order valence-corrected chi connectivity index (χ4v) is 4.88. The predicted octanol–water partition coefficient (Wildman–Crippen LogP) is 5.71. The van der Waals surface area contributed by atoms with Crippen LogP contribution in [0.15, 0.2) is 64.0 Å². The number of primary sulfonamides is 1. The van der Waals surface area contributed by atoms with E-state index in [1.54, 1.807) is 30.3 Å². The van der Waals surface area contributed by atoms with Crippen molar-refractivity contribution in [2.75, 3.05) is 13.2 Å².